The maximum atomic E-state index is 14.0. The molecule has 116 valence electrons. The van der Waals surface area contributed by atoms with Crippen LogP contribution in [0.5, 0.6) is 0 Å². The van der Waals surface area contributed by atoms with Gasteiger partial charge in [-0.05, 0) is 22.0 Å². The van der Waals surface area contributed by atoms with Crippen LogP contribution in [0.1, 0.15) is 0 Å². The number of nitrogens with two attached hydrogens (primary N) is 1. The lowest BCUT2D eigenvalue weighted by atomic mass is 10.3. The predicted octanol–water partition coefficient (Wildman–Crippen LogP) is 1.41. The summed E-state index contributed by atoms with van der Waals surface area (Å²) in [4.78, 5) is -0.745. The zero-order chi connectivity index (χ0) is 16.0. The number of nitrogen functional groups attached to an aromatic ring is 1. The van der Waals surface area contributed by atoms with Gasteiger partial charge in [0.05, 0.1) is 27.0 Å². The van der Waals surface area contributed by atoms with Crippen LogP contribution in [0.15, 0.2) is 26.9 Å². The summed E-state index contributed by atoms with van der Waals surface area (Å²) in [6.45, 7) is 0. The van der Waals surface area contributed by atoms with Gasteiger partial charge < -0.3 is 5.73 Å². The van der Waals surface area contributed by atoms with E-state index >= 15 is 0 Å². The normalized spacial score (nSPS) is 20.8. The van der Waals surface area contributed by atoms with E-state index in [1.54, 1.807) is 0 Å². The van der Waals surface area contributed by atoms with E-state index < -0.39 is 48.1 Å². The molecule has 0 saturated heterocycles. The molecule has 2 rings (SSSR count). The molecule has 0 spiro atoms. The van der Waals surface area contributed by atoms with Crippen LogP contribution in [0, 0.1) is 5.82 Å². The maximum absolute atomic E-state index is 14.0. The molecule has 0 radical (unpaired) electrons. The standard InChI is InChI=1S/C10H9BrClFN2O4S2/c11-8-6(12)3-7(9(13)10(8)14)21(18,19)15-5-1-2-20(16,17)4-5/h1-3,5,15H,4,14H2. The third-order valence-electron chi connectivity index (χ3n) is 2.68. The van der Waals surface area contributed by atoms with E-state index in [9.17, 15) is 21.2 Å². The fourth-order valence-corrected chi connectivity index (χ4v) is 4.92. The maximum Gasteiger partial charge on any atom is 0.244 e. The third kappa shape index (κ3) is 3.39. The molecule has 0 aliphatic carbocycles. The SMILES string of the molecule is Nc1c(F)c(S(=O)(=O)NC2C=CS(=O)(=O)C2)cc(Cl)c1Br. The number of halogens is 3. The minimum absolute atomic E-state index is 0.0453. The molecular formula is C10H9BrClFN2O4S2. The van der Waals surface area contributed by atoms with Gasteiger partial charge in [0.25, 0.3) is 0 Å². The van der Waals surface area contributed by atoms with Crippen LogP contribution in [0.3, 0.4) is 0 Å². The molecule has 3 N–H and O–H groups in total. The fourth-order valence-electron chi connectivity index (χ4n) is 1.71. The quantitative estimate of drug-likeness (QED) is 0.569. The van der Waals surface area contributed by atoms with Crippen LogP contribution in [0.4, 0.5) is 10.1 Å². The highest BCUT2D eigenvalue weighted by atomic mass is 79.9. The summed E-state index contributed by atoms with van der Waals surface area (Å²) in [7, 11) is -7.76. The lowest BCUT2D eigenvalue weighted by Gasteiger charge is -2.13. The first kappa shape index (κ1) is 16.7. The van der Waals surface area contributed by atoms with Gasteiger partial charge in [0, 0.05) is 5.41 Å². The van der Waals surface area contributed by atoms with Gasteiger partial charge in [-0.1, -0.05) is 17.7 Å². The molecule has 1 unspecified atom stereocenters. The van der Waals surface area contributed by atoms with Crippen LogP contribution >= 0.6 is 27.5 Å². The van der Waals surface area contributed by atoms with Gasteiger partial charge >= 0.3 is 0 Å². The molecule has 0 aromatic heterocycles. The van der Waals surface area contributed by atoms with Crippen molar-refractivity contribution in [1.29, 1.82) is 0 Å². The van der Waals surface area contributed by atoms with Crippen LogP contribution < -0.4 is 10.5 Å². The lowest BCUT2D eigenvalue weighted by molar-refractivity contribution is 0.554. The molecule has 0 fully saturated rings. The first-order valence-corrected chi connectivity index (χ1v) is 9.77. The molecule has 0 amide bonds. The van der Waals surface area contributed by atoms with Gasteiger partial charge in [-0.3, -0.25) is 0 Å². The molecule has 0 saturated carbocycles. The Hall–Kier alpha value is -0.680. The van der Waals surface area contributed by atoms with E-state index in [0.29, 0.717) is 0 Å². The first-order valence-electron chi connectivity index (χ1n) is 5.40. The number of hydrogen-bond acceptors (Lipinski definition) is 5. The monoisotopic (exact) mass is 418 g/mol. The molecule has 1 aromatic carbocycles. The number of rotatable bonds is 3. The number of sulfone groups is 1. The van der Waals surface area contributed by atoms with Crippen LogP contribution in [0.2, 0.25) is 5.02 Å². The van der Waals surface area contributed by atoms with Crippen molar-refractivity contribution >= 4 is 53.1 Å². The average molecular weight is 420 g/mol. The molecule has 11 heteroatoms. The summed E-state index contributed by atoms with van der Waals surface area (Å²) in [5.74, 6) is -1.59. The van der Waals surface area contributed by atoms with E-state index in [2.05, 4.69) is 20.7 Å². The van der Waals surface area contributed by atoms with E-state index in [-0.39, 0.29) is 9.50 Å². The Bertz CT molecular complexity index is 839. The fraction of sp³-hybridized carbons (Fsp3) is 0.200. The highest BCUT2D eigenvalue weighted by Crippen LogP contribution is 2.34. The van der Waals surface area contributed by atoms with Gasteiger partial charge in [-0.2, -0.15) is 0 Å². The number of benzene rings is 1. The molecule has 21 heavy (non-hydrogen) atoms. The summed E-state index contributed by atoms with van der Waals surface area (Å²) in [5, 5.41) is 0.822. The molecule has 1 heterocycles. The number of anilines is 1. The minimum atomic E-state index is -4.31. The van der Waals surface area contributed by atoms with Crippen LogP contribution in [0.25, 0.3) is 0 Å². The van der Waals surface area contributed by atoms with Crippen molar-refractivity contribution in [2.24, 2.45) is 0 Å². The Morgan fingerprint density at radius 1 is 1.48 bits per heavy atom. The number of sulfonamides is 1. The van der Waals surface area contributed by atoms with Crippen molar-refractivity contribution < 1.29 is 21.2 Å². The highest BCUT2D eigenvalue weighted by molar-refractivity contribution is 9.10. The van der Waals surface area contributed by atoms with Crippen molar-refractivity contribution in [1.82, 2.24) is 4.72 Å². The Labute approximate surface area is 134 Å². The Balaban J connectivity index is 2.40. The summed E-state index contributed by atoms with van der Waals surface area (Å²) in [6, 6.07) is -0.0737. The summed E-state index contributed by atoms with van der Waals surface area (Å²) >= 11 is 8.69. The zero-order valence-electron chi connectivity index (χ0n) is 10.2. The third-order valence-corrected chi connectivity index (χ3v) is 6.95. The smallest absolute Gasteiger partial charge is 0.244 e. The molecule has 1 atom stereocenters. The van der Waals surface area contributed by atoms with E-state index in [1.807, 2.05) is 0 Å². The minimum Gasteiger partial charge on any atom is -0.395 e. The average Bonchev–Trinajstić information content (AvgIpc) is 2.69. The van der Waals surface area contributed by atoms with Gasteiger partial charge in [-0.25, -0.2) is 25.9 Å². The molecule has 6 nitrogen and oxygen atoms in total. The number of hydrogen-bond donors (Lipinski definition) is 2. The Morgan fingerprint density at radius 3 is 2.62 bits per heavy atom. The van der Waals surface area contributed by atoms with Gasteiger partial charge in [0.15, 0.2) is 15.7 Å². The van der Waals surface area contributed by atoms with Crippen molar-refractivity contribution in [3.8, 4) is 0 Å². The first-order chi connectivity index (χ1) is 9.53. The molecular weight excluding hydrogens is 411 g/mol. The molecule has 1 aliphatic heterocycles. The zero-order valence-corrected chi connectivity index (χ0v) is 14.2. The van der Waals surface area contributed by atoms with Gasteiger partial charge in [0.1, 0.15) is 4.90 Å². The summed E-state index contributed by atoms with van der Waals surface area (Å²) in [5.41, 5.74) is 4.98. The van der Waals surface area contributed by atoms with Gasteiger partial charge in [0.2, 0.25) is 10.0 Å². The predicted molar refractivity (Wildman–Crippen MR) is 80.6 cm³/mol. The molecule has 1 aliphatic rings. The van der Waals surface area contributed by atoms with Crippen LogP contribution in [-0.4, -0.2) is 28.6 Å². The highest BCUT2D eigenvalue weighted by Gasteiger charge is 2.30. The van der Waals surface area contributed by atoms with Crippen molar-refractivity contribution in [2.45, 2.75) is 10.9 Å². The van der Waals surface area contributed by atoms with Crippen LogP contribution in [-0.2, 0) is 19.9 Å². The van der Waals surface area contributed by atoms with E-state index in [4.69, 9.17) is 17.3 Å². The second-order valence-corrected chi connectivity index (χ2v) is 9.10. The second kappa shape index (κ2) is 5.51. The van der Waals surface area contributed by atoms with E-state index in [1.165, 1.54) is 6.08 Å². The largest absolute Gasteiger partial charge is 0.395 e. The number of nitrogens with one attached hydrogen (secondary N) is 1. The molecule has 0 bridgehead atoms. The van der Waals surface area contributed by atoms with Gasteiger partial charge in [-0.15, -0.1) is 0 Å². The molecule has 1 aromatic rings. The van der Waals surface area contributed by atoms with Crippen molar-refractivity contribution in [3.63, 3.8) is 0 Å². The lowest BCUT2D eigenvalue weighted by Crippen LogP contribution is -2.36. The summed E-state index contributed by atoms with van der Waals surface area (Å²) < 4.78 is 62.9. The topological polar surface area (TPSA) is 106 Å². The second-order valence-electron chi connectivity index (χ2n) is 4.28. The van der Waals surface area contributed by atoms with Crippen molar-refractivity contribution in [3.05, 3.63) is 32.9 Å². The Kier molecular flexibility index (Phi) is 4.37. The summed E-state index contributed by atoms with van der Waals surface area (Å²) in [6.07, 6.45) is 1.18. The van der Waals surface area contributed by atoms with Crippen molar-refractivity contribution in [2.75, 3.05) is 11.5 Å². The Morgan fingerprint density at radius 2 is 2.10 bits per heavy atom. The van der Waals surface area contributed by atoms with E-state index in [0.717, 1.165) is 11.5 Å².